The molecule has 1 heterocycles. The number of nitrogens with zero attached hydrogens (tertiary/aromatic N) is 1. The third-order valence-corrected chi connectivity index (χ3v) is 11.0. The number of primary amides is 1. The molecule has 1 saturated carbocycles. The first-order valence-corrected chi connectivity index (χ1v) is 21.3. The number of urea groups is 1. The van der Waals surface area contributed by atoms with Crippen molar-refractivity contribution < 1.29 is 43.1 Å². The number of fused-ring (bicyclic) bond motifs is 1. The Morgan fingerprint density at radius 2 is 1.53 bits per heavy atom. The van der Waals surface area contributed by atoms with Crippen LogP contribution in [0.2, 0.25) is 0 Å². The van der Waals surface area contributed by atoms with E-state index in [1.54, 1.807) is 43.3 Å². The summed E-state index contributed by atoms with van der Waals surface area (Å²) >= 11 is 0. The number of nitrogens with two attached hydrogens (primary N) is 1. The fourth-order valence-electron chi connectivity index (χ4n) is 7.96. The molecule has 0 spiro atoms. The Hall–Kier alpha value is -6.52. The highest BCUT2D eigenvalue weighted by Crippen LogP contribution is 2.30. The lowest BCUT2D eigenvalue weighted by Crippen LogP contribution is -2.58. The molecule has 62 heavy (non-hydrogen) atoms. The van der Waals surface area contributed by atoms with Gasteiger partial charge in [0.25, 0.3) is 5.91 Å². The van der Waals surface area contributed by atoms with Crippen LogP contribution >= 0.6 is 0 Å². The molecule has 0 aromatic heterocycles. The first-order valence-electron chi connectivity index (χ1n) is 21.3. The van der Waals surface area contributed by atoms with Gasteiger partial charge in [-0.15, -0.1) is 0 Å². The molecule has 5 rings (SSSR count). The van der Waals surface area contributed by atoms with E-state index in [9.17, 15) is 38.4 Å². The van der Waals surface area contributed by atoms with Crippen molar-refractivity contribution in [2.75, 3.05) is 25.0 Å². The third-order valence-electron chi connectivity index (χ3n) is 11.0. The van der Waals surface area contributed by atoms with Crippen LogP contribution in [0.1, 0.15) is 83.7 Å². The Balaban J connectivity index is 1.32. The van der Waals surface area contributed by atoms with Crippen molar-refractivity contribution in [1.82, 2.24) is 31.5 Å². The van der Waals surface area contributed by atoms with Crippen molar-refractivity contribution in [1.29, 1.82) is 0 Å². The molecule has 1 saturated heterocycles. The van der Waals surface area contributed by atoms with Crippen LogP contribution in [0, 0.1) is 11.8 Å². The van der Waals surface area contributed by atoms with E-state index in [-0.39, 0.29) is 37.8 Å². The number of nitrogens with one attached hydrogen (secondary N) is 6. The minimum absolute atomic E-state index is 0.0441. The van der Waals surface area contributed by atoms with Crippen molar-refractivity contribution in [2.24, 2.45) is 17.6 Å². The topological polar surface area (TPSA) is 247 Å². The maximum atomic E-state index is 14.7. The van der Waals surface area contributed by atoms with Crippen LogP contribution < -0.4 is 37.6 Å². The number of alkyl carbamates (subject to hydrolysis) is 1. The maximum absolute atomic E-state index is 14.7. The number of hydrogen-bond donors (Lipinski definition) is 7. The Morgan fingerprint density at radius 3 is 2.23 bits per heavy atom. The summed E-state index contributed by atoms with van der Waals surface area (Å²) in [5.41, 5.74) is 6.48. The van der Waals surface area contributed by atoms with E-state index in [0.717, 1.165) is 30.0 Å². The molecule has 17 heteroatoms. The standard InChI is InChI=1S/C45H58N8O9/c1-4-14-34(39(55)42(58)47-24-36(54)51-37(40(46)56)29-16-7-5-8-17-29)49-41(57)35-23-31(48-44(60)50-33-22-13-20-28-15-11-12-21-32(28)33)25-53(35)43(59)38(30-18-9-6-10-19-30)52-45(61)62-26-27(2)3/h5,7-8,11-13,15-17,20-22,27,30-31,34-35,37-38H,4,6,9-10,14,18-19,23-26H2,1-3H3,(H2,46,56)(H,47,58)(H,49,57)(H,51,54)(H,52,61)(H2,48,50,60)/t31-,34?,35?,37+,38+/m1/s1. The van der Waals surface area contributed by atoms with Gasteiger partial charge in [0.1, 0.15) is 18.1 Å². The molecule has 0 bridgehead atoms. The number of hydrogen-bond acceptors (Lipinski definition) is 9. The number of carbonyl (C=O) groups excluding carboxylic acids is 8. The largest absolute Gasteiger partial charge is 0.449 e. The number of amides is 8. The minimum Gasteiger partial charge on any atom is -0.449 e. The average Bonchev–Trinajstić information content (AvgIpc) is 3.69. The van der Waals surface area contributed by atoms with Gasteiger partial charge >= 0.3 is 12.1 Å². The number of benzene rings is 3. The van der Waals surface area contributed by atoms with Gasteiger partial charge in [-0.1, -0.05) is 113 Å². The zero-order chi connectivity index (χ0) is 44.8. The summed E-state index contributed by atoms with van der Waals surface area (Å²) in [7, 11) is 0. The Bertz CT molecular complexity index is 2090. The fourth-order valence-corrected chi connectivity index (χ4v) is 7.96. The van der Waals surface area contributed by atoms with Crippen molar-refractivity contribution in [3.05, 3.63) is 78.4 Å². The molecule has 17 nitrogen and oxygen atoms in total. The van der Waals surface area contributed by atoms with E-state index in [0.29, 0.717) is 30.5 Å². The van der Waals surface area contributed by atoms with Gasteiger partial charge in [0.15, 0.2) is 0 Å². The average molecular weight is 855 g/mol. The van der Waals surface area contributed by atoms with Gasteiger partial charge < -0.3 is 47.3 Å². The molecule has 332 valence electrons. The van der Waals surface area contributed by atoms with E-state index < -0.39 is 84.2 Å². The number of ketones is 1. The fraction of sp³-hybridized carbons (Fsp3) is 0.467. The first-order chi connectivity index (χ1) is 29.7. The number of ether oxygens (including phenoxy) is 1. The zero-order valence-corrected chi connectivity index (χ0v) is 35.4. The molecule has 1 aliphatic carbocycles. The lowest BCUT2D eigenvalue weighted by atomic mass is 9.83. The Kier molecular flexibility index (Phi) is 16.8. The molecular formula is C45H58N8O9. The molecule has 8 amide bonds. The zero-order valence-electron chi connectivity index (χ0n) is 35.4. The van der Waals surface area contributed by atoms with Gasteiger partial charge in [0.2, 0.25) is 29.4 Å². The van der Waals surface area contributed by atoms with Crippen LogP contribution in [-0.4, -0.2) is 96.2 Å². The molecule has 2 unspecified atom stereocenters. The summed E-state index contributed by atoms with van der Waals surface area (Å²) in [6.07, 6.45) is 3.63. The third kappa shape index (κ3) is 12.8. The van der Waals surface area contributed by atoms with E-state index in [1.807, 2.05) is 50.2 Å². The number of anilines is 1. The van der Waals surface area contributed by atoms with Gasteiger partial charge in [0, 0.05) is 11.9 Å². The van der Waals surface area contributed by atoms with E-state index in [1.165, 1.54) is 4.90 Å². The quantitative estimate of drug-likeness (QED) is 0.0924. The van der Waals surface area contributed by atoms with Crippen LogP contribution in [0.15, 0.2) is 72.8 Å². The molecule has 8 N–H and O–H groups in total. The van der Waals surface area contributed by atoms with Gasteiger partial charge in [0.05, 0.1) is 30.9 Å². The minimum atomic E-state index is -1.34. The highest BCUT2D eigenvalue weighted by molar-refractivity contribution is 6.38. The summed E-state index contributed by atoms with van der Waals surface area (Å²) in [4.78, 5) is 108. The van der Waals surface area contributed by atoms with Crippen LogP contribution in [0.25, 0.3) is 10.8 Å². The SMILES string of the molecule is CCCC(NC(=O)C1C[C@@H](NC(=O)Nc2cccc3ccccc23)CN1C(=O)[C@@H](NC(=O)OCC(C)C)C1CCCCC1)C(=O)C(=O)NCC(=O)N[C@H](C(N)=O)c1ccccc1. The van der Waals surface area contributed by atoms with E-state index in [4.69, 9.17) is 10.5 Å². The molecule has 2 fully saturated rings. The predicted molar refractivity (Wildman–Crippen MR) is 231 cm³/mol. The predicted octanol–water partition coefficient (Wildman–Crippen LogP) is 3.57. The molecule has 3 aromatic rings. The summed E-state index contributed by atoms with van der Waals surface area (Å²) < 4.78 is 5.40. The summed E-state index contributed by atoms with van der Waals surface area (Å²) in [6.45, 7) is 4.91. The molecule has 5 atom stereocenters. The normalized spacial score (nSPS) is 17.8. The van der Waals surface area contributed by atoms with Crippen molar-refractivity contribution in [3.8, 4) is 0 Å². The van der Waals surface area contributed by atoms with Crippen LogP contribution in [-0.2, 0) is 33.5 Å². The van der Waals surface area contributed by atoms with E-state index >= 15 is 0 Å². The second kappa shape index (κ2) is 22.4. The van der Waals surface area contributed by atoms with Crippen molar-refractivity contribution in [2.45, 2.75) is 102 Å². The summed E-state index contributed by atoms with van der Waals surface area (Å²) in [6, 6.07) is 15.2. The highest BCUT2D eigenvalue weighted by atomic mass is 16.5. The van der Waals surface area contributed by atoms with Crippen LogP contribution in [0.5, 0.6) is 0 Å². The number of likely N-dealkylation sites (tertiary alicyclic amines) is 1. The monoisotopic (exact) mass is 854 g/mol. The second-order valence-electron chi connectivity index (χ2n) is 16.3. The Labute approximate surface area is 361 Å². The number of Topliss-reactive ketones (excluding diaryl/α,β-unsaturated/α-hetero) is 1. The maximum Gasteiger partial charge on any atom is 0.407 e. The highest BCUT2D eigenvalue weighted by Gasteiger charge is 2.45. The lowest BCUT2D eigenvalue weighted by molar-refractivity contribution is -0.143. The van der Waals surface area contributed by atoms with Gasteiger partial charge in [-0.25, -0.2) is 9.59 Å². The number of carbonyl (C=O) groups is 8. The molecule has 2 aliphatic rings. The van der Waals surface area contributed by atoms with Crippen molar-refractivity contribution >= 4 is 63.9 Å². The number of rotatable bonds is 18. The lowest BCUT2D eigenvalue weighted by Gasteiger charge is -2.34. The van der Waals surface area contributed by atoms with Crippen molar-refractivity contribution in [3.63, 3.8) is 0 Å². The van der Waals surface area contributed by atoms with E-state index in [2.05, 4.69) is 31.9 Å². The van der Waals surface area contributed by atoms with Gasteiger partial charge in [-0.3, -0.25) is 28.8 Å². The van der Waals surface area contributed by atoms with Crippen LogP contribution in [0.4, 0.5) is 15.3 Å². The summed E-state index contributed by atoms with van der Waals surface area (Å²) in [5, 5.41) is 17.7. The Morgan fingerprint density at radius 1 is 0.839 bits per heavy atom. The molecule has 1 aliphatic heterocycles. The van der Waals surface area contributed by atoms with Gasteiger partial charge in [-0.2, -0.15) is 0 Å². The first kappa shape index (κ1) is 46.5. The molecule has 3 aromatic carbocycles. The van der Waals surface area contributed by atoms with Gasteiger partial charge in [-0.05, 0) is 54.5 Å². The molecule has 0 radical (unpaired) electrons. The molecular weight excluding hydrogens is 797 g/mol. The smallest absolute Gasteiger partial charge is 0.407 e. The van der Waals surface area contributed by atoms with Crippen LogP contribution in [0.3, 0.4) is 0 Å². The second-order valence-corrected chi connectivity index (χ2v) is 16.3. The summed E-state index contributed by atoms with van der Waals surface area (Å²) in [5.74, 6) is -5.27.